The van der Waals surface area contributed by atoms with Crippen LogP contribution in [0, 0.1) is 5.92 Å². The minimum atomic E-state index is -3.17. The molecule has 1 aromatic rings. The lowest BCUT2D eigenvalue weighted by molar-refractivity contribution is 0.502. The molecule has 2 aliphatic rings. The zero-order valence-electron chi connectivity index (χ0n) is 12.1. The van der Waals surface area contributed by atoms with Gasteiger partial charge in [0.25, 0.3) is 0 Å². The van der Waals surface area contributed by atoms with Crippen molar-refractivity contribution in [3.05, 3.63) is 29.3 Å². The molecule has 2 aliphatic carbocycles. The van der Waals surface area contributed by atoms with Gasteiger partial charge in [0.05, 0.1) is 10.6 Å². The molecule has 0 heterocycles. The third-order valence-electron chi connectivity index (χ3n) is 4.49. The first-order chi connectivity index (χ1) is 9.60. The summed E-state index contributed by atoms with van der Waals surface area (Å²) in [6, 6.07) is 5.84. The Hall–Kier alpha value is -0.870. The fourth-order valence-corrected chi connectivity index (χ4v) is 4.85. The molecule has 110 valence electrons. The predicted octanol–water partition coefficient (Wildman–Crippen LogP) is 2.34. The van der Waals surface area contributed by atoms with Crippen LogP contribution in [0.3, 0.4) is 0 Å². The molecule has 0 bridgehead atoms. The van der Waals surface area contributed by atoms with Crippen LogP contribution < -0.4 is 5.32 Å². The summed E-state index contributed by atoms with van der Waals surface area (Å²) < 4.78 is 25.2. The van der Waals surface area contributed by atoms with Crippen molar-refractivity contribution < 1.29 is 8.42 Å². The molecule has 1 atom stereocenters. The first-order valence-corrected chi connectivity index (χ1v) is 9.33. The number of hydrogen-bond acceptors (Lipinski definition) is 3. The van der Waals surface area contributed by atoms with Gasteiger partial charge >= 0.3 is 0 Å². The molecule has 0 aromatic heterocycles. The van der Waals surface area contributed by atoms with Crippen LogP contribution in [0.1, 0.15) is 37.3 Å². The smallest absolute Gasteiger partial charge is 0.179 e. The van der Waals surface area contributed by atoms with Crippen LogP contribution >= 0.6 is 0 Å². The molecule has 0 saturated heterocycles. The van der Waals surface area contributed by atoms with E-state index in [0.717, 1.165) is 38.6 Å². The normalized spacial score (nSPS) is 19.9. The number of benzene rings is 1. The van der Waals surface area contributed by atoms with Gasteiger partial charge in [-0.3, -0.25) is 0 Å². The van der Waals surface area contributed by atoms with Crippen molar-refractivity contribution in [3.63, 3.8) is 0 Å². The Balaban J connectivity index is 1.80. The van der Waals surface area contributed by atoms with Crippen molar-refractivity contribution >= 4 is 9.84 Å². The van der Waals surface area contributed by atoms with E-state index in [0.29, 0.717) is 10.8 Å². The van der Waals surface area contributed by atoms with E-state index >= 15 is 0 Å². The lowest BCUT2D eigenvalue weighted by Crippen LogP contribution is -2.37. The molecular formula is C16H23NO2S. The molecule has 3 rings (SSSR count). The van der Waals surface area contributed by atoms with Crippen LogP contribution in [0.4, 0.5) is 0 Å². The van der Waals surface area contributed by atoms with Gasteiger partial charge in [0, 0.05) is 6.04 Å². The van der Waals surface area contributed by atoms with Gasteiger partial charge in [-0.2, -0.15) is 0 Å². The number of fused-ring (bicyclic) bond motifs is 1. The van der Waals surface area contributed by atoms with Crippen molar-refractivity contribution in [2.24, 2.45) is 5.92 Å². The Morgan fingerprint density at radius 3 is 2.70 bits per heavy atom. The first-order valence-electron chi connectivity index (χ1n) is 7.68. The van der Waals surface area contributed by atoms with Gasteiger partial charge in [-0.15, -0.1) is 0 Å². The molecule has 1 saturated carbocycles. The van der Waals surface area contributed by atoms with Crippen molar-refractivity contribution in [2.75, 3.05) is 12.3 Å². The quantitative estimate of drug-likeness (QED) is 0.875. The second kappa shape index (κ2) is 5.49. The Bertz CT molecular complexity index is 590. The highest BCUT2D eigenvalue weighted by atomic mass is 32.2. The molecule has 0 aliphatic heterocycles. The maximum Gasteiger partial charge on any atom is 0.179 e. The lowest BCUT2D eigenvalue weighted by atomic mass is 10.1. The topological polar surface area (TPSA) is 46.2 Å². The summed E-state index contributed by atoms with van der Waals surface area (Å²) in [5.41, 5.74) is 2.56. The van der Waals surface area contributed by atoms with Gasteiger partial charge in [0.2, 0.25) is 0 Å². The van der Waals surface area contributed by atoms with Gasteiger partial charge in [0.15, 0.2) is 9.84 Å². The van der Waals surface area contributed by atoms with Crippen molar-refractivity contribution in [1.82, 2.24) is 5.32 Å². The lowest BCUT2D eigenvalue weighted by Gasteiger charge is -2.17. The second-order valence-corrected chi connectivity index (χ2v) is 8.10. The number of aryl methyl sites for hydroxylation is 2. The summed E-state index contributed by atoms with van der Waals surface area (Å²) in [7, 11) is -3.17. The van der Waals surface area contributed by atoms with Crippen molar-refractivity contribution in [3.8, 4) is 0 Å². The average Bonchev–Trinajstić information content (AvgIpc) is 3.15. The highest BCUT2D eigenvalue weighted by Gasteiger charge is 2.34. The summed E-state index contributed by atoms with van der Waals surface area (Å²) in [6.07, 6.45) is 5.60. The predicted molar refractivity (Wildman–Crippen MR) is 80.7 cm³/mol. The minimum absolute atomic E-state index is 0.123. The van der Waals surface area contributed by atoms with E-state index in [2.05, 4.69) is 5.32 Å². The molecule has 4 heteroatoms. The van der Waals surface area contributed by atoms with Gasteiger partial charge in [0.1, 0.15) is 0 Å². The van der Waals surface area contributed by atoms with Crippen LogP contribution in [0.5, 0.6) is 0 Å². The molecular weight excluding hydrogens is 270 g/mol. The maximum absolute atomic E-state index is 12.6. The molecule has 0 amide bonds. The van der Waals surface area contributed by atoms with E-state index in [1.54, 1.807) is 6.07 Å². The number of hydrogen-bond donors (Lipinski definition) is 1. The van der Waals surface area contributed by atoms with Crippen molar-refractivity contribution in [1.29, 1.82) is 0 Å². The standard InChI is InChI=1S/C16H23NO2S/c1-2-17-16(13-6-7-13)11-20(18,19)15-9-8-12-4-3-5-14(12)10-15/h8-10,13,16-17H,2-7,11H2,1H3. The van der Waals surface area contributed by atoms with E-state index in [1.807, 2.05) is 19.1 Å². The summed E-state index contributed by atoms with van der Waals surface area (Å²) in [5, 5.41) is 3.34. The Morgan fingerprint density at radius 1 is 1.25 bits per heavy atom. The van der Waals surface area contributed by atoms with Gasteiger partial charge < -0.3 is 5.32 Å². The highest BCUT2D eigenvalue weighted by Crippen LogP contribution is 2.34. The van der Waals surface area contributed by atoms with E-state index in [9.17, 15) is 8.42 Å². The maximum atomic E-state index is 12.6. The largest absolute Gasteiger partial charge is 0.313 e. The zero-order chi connectivity index (χ0) is 14.2. The fraction of sp³-hybridized carbons (Fsp3) is 0.625. The molecule has 0 radical (unpaired) electrons. The number of nitrogens with one attached hydrogen (secondary N) is 1. The average molecular weight is 293 g/mol. The zero-order valence-corrected chi connectivity index (χ0v) is 12.9. The Labute approximate surface area is 121 Å². The van der Waals surface area contributed by atoms with E-state index in [-0.39, 0.29) is 11.8 Å². The first kappa shape index (κ1) is 14.1. The highest BCUT2D eigenvalue weighted by molar-refractivity contribution is 7.91. The summed E-state index contributed by atoms with van der Waals surface area (Å²) >= 11 is 0. The summed E-state index contributed by atoms with van der Waals surface area (Å²) in [4.78, 5) is 0.515. The minimum Gasteiger partial charge on any atom is -0.313 e. The Kier molecular flexibility index (Phi) is 3.87. The van der Waals surface area contributed by atoms with E-state index in [1.165, 1.54) is 11.1 Å². The monoisotopic (exact) mass is 293 g/mol. The number of rotatable bonds is 6. The van der Waals surface area contributed by atoms with Gasteiger partial charge in [-0.1, -0.05) is 13.0 Å². The molecule has 1 fully saturated rings. The Morgan fingerprint density at radius 2 is 2.00 bits per heavy atom. The van der Waals surface area contributed by atoms with Gasteiger partial charge in [-0.25, -0.2) is 8.42 Å². The molecule has 1 aromatic carbocycles. The van der Waals surface area contributed by atoms with Crippen molar-refractivity contribution in [2.45, 2.75) is 50.0 Å². The summed E-state index contributed by atoms with van der Waals surface area (Å²) in [6.45, 7) is 2.87. The molecule has 20 heavy (non-hydrogen) atoms. The van der Waals surface area contributed by atoms with Crippen LogP contribution in [0.15, 0.2) is 23.1 Å². The van der Waals surface area contributed by atoms with Crippen LogP contribution in [0.2, 0.25) is 0 Å². The van der Waals surface area contributed by atoms with Crippen LogP contribution in [-0.2, 0) is 22.7 Å². The van der Waals surface area contributed by atoms with E-state index < -0.39 is 9.84 Å². The van der Waals surface area contributed by atoms with Gasteiger partial charge in [-0.05, 0) is 67.8 Å². The third kappa shape index (κ3) is 2.91. The fourth-order valence-electron chi connectivity index (χ4n) is 3.20. The molecule has 0 spiro atoms. The van der Waals surface area contributed by atoms with Crippen LogP contribution in [-0.4, -0.2) is 26.8 Å². The third-order valence-corrected chi connectivity index (χ3v) is 6.26. The van der Waals surface area contributed by atoms with E-state index in [4.69, 9.17) is 0 Å². The van der Waals surface area contributed by atoms with Crippen LogP contribution in [0.25, 0.3) is 0 Å². The second-order valence-electron chi connectivity index (χ2n) is 6.07. The molecule has 1 N–H and O–H groups in total. The molecule has 1 unspecified atom stereocenters. The summed E-state index contributed by atoms with van der Waals surface area (Å²) in [5.74, 6) is 0.795. The number of sulfone groups is 1. The SMILES string of the molecule is CCNC(CS(=O)(=O)c1ccc2c(c1)CCC2)C1CC1. The molecule has 3 nitrogen and oxygen atoms in total.